The Morgan fingerprint density at radius 2 is 1.79 bits per heavy atom. The Morgan fingerprint density at radius 1 is 1.07 bits per heavy atom. The fraction of sp³-hybridized carbons (Fsp3) is 0.200. The molecule has 0 atom stereocenters. The van der Waals surface area contributed by atoms with Crippen LogP contribution in [0.4, 0.5) is 0 Å². The molecule has 0 aliphatic carbocycles. The van der Waals surface area contributed by atoms with Crippen molar-refractivity contribution in [1.29, 1.82) is 0 Å². The molecule has 1 heterocycles. The maximum atomic E-state index is 5.70. The number of rotatable bonds is 2. The van der Waals surface area contributed by atoms with Gasteiger partial charge in [0.15, 0.2) is 0 Å². The van der Waals surface area contributed by atoms with Crippen LogP contribution in [0.3, 0.4) is 0 Å². The molecule has 0 saturated carbocycles. The molecule has 0 bridgehead atoms. The molecule has 0 amide bonds. The first kappa shape index (κ1) is 9.69. The summed E-state index contributed by atoms with van der Waals surface area (Å²) in [5, 5.41) is 7.98. The largest absolute Gasteiger partial charge is 0.157 e. The van der Waals surface area contributed by atoms with Gasteiger partial charge in [0.1, 0.15) is 4.84 Å². The van der Waals surface area contributed by atoms with Crippen molar-refractivity contribution in [3.63, 3.8) is 0 Å². The van der Waals surface area contributed by atoms with Gasteiger partial charge in [-0.3, -0.25) is 0 Å². The fourth-order valence-electron chi connectivity index (χ4n) is 1.28. The molecule has 0 saturated heterocycles. The molecule has 1 aromatic rings. The highest BCUT2D eigenvalue weighted by Crippen LogP contribution is 2.17. The first-order valence-corrected chi connectivity index (χ1v) is 5.11. The summed E-state index contributed by atoms with van der Waals surface area (Å²) >= 11 is 11.4. The highest BCUT2D eigenvalue weighted by atomic mass is 35.5. The Hall–Kier alpha value is -0.860. The van der Waals surface area contributed by atoms with Gasteiger partial charge in [-0.15, -0.1) is 0 Å². The van der Waals surface area contributed by atoms with Crippen LogP contribution in [0.2, 0.25) is 0 Å². The number of alkyl halides is 2. The van der Waals surface area contributed by atoms with E-state index in [2.05, 4.69) is 10.2 Å². The molecule has 0 spiro atoms. The van der Waals surface area contributed by atoms with Crippen LogP contribution in [0.15, 0.2) is 40.5 Å². The van der Waals surface area contributed by atoms with Crippen LogP contribution in [-0.4, -0.2) is 16.3 Å². The normalized spacial score (nSPS) is 15.6. The lowest BCUT2D eigenvalue weighted by Crippen LogP contribution is -2.09. The second kappa shape index (κ2) is 4.11. The zero-order valence-corrected chi connectivity index (χ0v) is 8.83. The molecule has 1 aliphatic heterocycles. The fourth-order valence-corrected chi connectivity index (χ4v) is 1.52. The van der Waals surface area contributed by atoms with Gasteiger partial charge in [0.25, 0.3) is 0 Å². The smallest absolute Gasteiger partial charge is 0.147 e. The van der Waals surface area contributed by atoms with Crippen molar-refractivity contribution >= 4 is 34.6 Å². The quantitative estimate of drug-likeness (QED) is 0.693. The van der Waals surface area contributed by atoms with E-state index < -0.39 is 4.84 Å². The Balaban J connectivity index is 2.13. The summed E-state index contributed by atoms with van der Waals surface area (Å²) in [6, 6.07) is 9.89. The minimum Gasteiger partial charge on any atom is -0.157 e. The molecule has 14 heavy (non-hydrogen) atoms. The van der Waals surface area contributed by atoms with E-state index in [-0.39, 0.29) is 0 Å². The Kier molecular flexibility index (Phi) is 2.85. The monoisotopic (exact) mass is 226 g/mol. The predicted octanol–water partition coefficient (Wildman–Crippen LogP) is 3.04. The van der Waals surface area contributed by atoms with Crippen LogP contribution >= 0.6 is 23.2 Å². The first-order valence-electron chi connectivity index (χ1n) is 4.24. The predicted molar refractivity (Wildman–Crippen MR) is 60.5 cm³/mol. The third-order valence-corrected chi connectivity index (χ3v) is 2.51. The minimum atomic E-state index is -0.556. The topological polar surface area (TPSA) is 24.7 Å². The van der Waals surface area contributed by atoms with Crippen molar-refractivity contribution < 1.29 is 0 Å². The molecule has 0 N–H and O–H groups in total. The standard InChI is InChI=1S/C10H8Cl2N2/c11-10(12)9-6-8(13-14-9)7-4-2-1-3-5-7/h1-5,10H,6H2. The lowest BCUT2D eigenvalue weighted by Gasteiger charge is -2.00. The lowest BCUT2D eigenvalue weighted by molar-refractivity contribution is 1.26. The van der Waals surface area contributed by atoms with Crippen LogP contribution < -0.4 is 0 Å². The van der Waals surface area contributed by atoms with Crippen molar-refractivity contribution in [3.05, 3.63) is 35.9 Å². The number of hydrogen-bond acceptors (Lipinski definition) is 2. The molecule has 4 heteroatoms. The van der Waals surface area contributed by atoms with Crippen molar-refractivity contribution in [3.8, 4) is 0 Å². The van der Waals surface area contributed by atoms with E-state index in [1.165, 1.54) is 0 Å². The summed E-state index contributed by atoms with van der Waals surface area (Å²) in [7, 11) is 0. The van der Waals surface area contributed by atoms with Gasteiger partial charge >= 0.3 is 0 Å². The van der Waals surface area contributed by atoms with E-state index in [0.717, 1.165) is 11.3 Å². The van der Waals surface area contributed by atoms with Crippen LogP contribution in [0, 0.1) is 0 Å². The molecule has 72 valence electrons. The van der Waals surface area contributed by atoms with Gasteiger partial charge in [-0.05, 0) is 5.56 Å². The lowest BCUT2D eigenvalue weighted by atomic mass is 10.1. The van der Waals surface area contributed by atoms with Gasteiger partial charge in [-0.25, -0.2) is 0 Å². The van der Waals surface area contributed by atoms with Crippen LogP contribution in [0.25, 0.3) is 0 Å². The number of hydrogen-bond donors (Lipinski definition) is 0. The minimum absolute atomic E-state index is 0.556. The van der Waals surface area contributed by atoms with E-state index in [4.69, 9.17) is 23.2 Å². The number of halogens is 2. The summed E-state index contributed by atoms with van der Waals surface area (Å²) in [5.41, 5.74) is 2.71. The highest BCUT2D eigenvalue weighted by Gasteiger charge is 2.18. The van der Waals surface area contributed by atoms with Gasteiger partial charge in [-0.2, -0.15) is 10.2 Å². The van der Waals surface area contributed by atoms with Crippen LogP contribution in [0.5, 0.6) is 0 Å². The third kappa shape index (κ3) is 1.97. The van der Waals surface area contributed by atoms with E-state index in [9.17, 15) is 0 Å². The van der Waals surface area contributed by atoms with Gasteiger partial charge in [0.2, 0.25) is 0 Å². The zero-order chi connectivity index (χ0) is 9.97. The second-order valence-electron chi connectivity index (χ2n) is 2.98. The zero-order valence-electron chi connectivity index (χ0n) is 7.32. The average molecular weight is 227 g/mol. The third-order valence-electron chi connectivity index (χ3n) is 2.01. The average Bonchev–Trinajstić information content (AvgIpc) is 2.68. The van der Waals surface area contributed by atoms with Crippen molar-refractivity contribution in [2.24, 2.45) is 10.2 Å². The van der Waals surface area contributed by atoms with E-state index in [1.807, 2.05) is 30.3 Å². The molecule has 0 fully saturated rings. The molecule has 1 aliphatic rings. The molecule has 1 aromatic carbocycles. The van der Waals surface area contributed by atoms with Crippen molar-refractivity contribution in [2.75, 3.05) is 0 Å². The molecule has 0 radical (unpaired) electrons. The van der Waals surface area contributed by atoms with E-state index in [0.29, 0.717) is 12.1 Å². The summed E-state index contributed by atoms with van der Waals surface area (Å²) < 4.78 is 0. The molecular weight excluding hydrogens is 219 g/mol. The second-order valence-corrected chi connectivity index (χ2v) is 4.08. The highest BCUT2D eigenvalue weighted by molar-refractivity contribution is 6.55. The molecule has 2 rings (SSSR count). The Bertz CT molecular complexity index is 382. The molecule has 2 nitrogen and oxygen atoms in total. The SMILES string of the molecule is ClC(Cl)C1=NN=C(c2ccccc2)C1. The van der Waals surface area contributed by atoms with E-state index in [1.54, 1.807) is 0 Å². The van der Waals surface area contributed by atoms with Crippen LogP contribution in [-0.2, 0) is 0 Å². The van der Waals surface area contributed by atoms with Gasteiger partial charge < -0.3 is 0 Å². The number of benzene rings is 1. The summed E-state index contributed by atoms with van der Waals surface area (Å²) in [5.74, 6) is 0. The Labute approximate surface area is 92.3 Å². The van der Waals surface area contributed by atoms with E-state index >= 15 is 0 Å². The maximum Gasteiger partial charge on any atom is 0.147 e. The summed E-state index contributed by atoms with van der Waals surface area (Å²) in [6.07, 6.45) is 0.641. The number of nitrogens with zero attached hydrogens (tertiary/aromatic N) is 2. The molecular formula is C10H8Cl2N2. The Morgan fingerprint density at radius 3 is 2.36 bits per heavy atom. The summed E-state index contributed by atoms with van der Waals surface area (Å²) in [6.45, 7) is 0. The van der Waals surface area contributed by atoms with Crippen molar-refractivity contribution in [2.45, 2.75) is 11.3 Å². The molecule has 0 unspecified atom stereocenters. The first-order chi connectivity index (χ1) is 6.77. The van der Waals surface area contributed by atoms with Gasteiger partial charge in [-0.1, -0.05) is 53.5 Å². The summed E-state index contributed by atoms with van der Waals surface area (Å²) in [4.78, 5) is -0.556. The van der Waals surface area contributed by atoms with Crippen LogP contribution in [0.1, 0.15) is 12.0 Å². The molecule has 0 aromatic heterocycles. The maximum absolute atomic E-state index is 5.70. The van der Waals surface area contributed by atoms with Crippen molar-refractivity contribution in [1.82, 2.24) is 0 Å². The van der Waals surface area contributed by atoms with Gasteiger partial charge in [0.05, 0.1) is 11.4 Å². The van der Waals surface area contributed by atoms with Gasteiger partial charge in [0, 0.05) is 6.42 Å².